The molecule has 0 aliphatic carbocycles. The van der Waals surface area contributed by atoms with Gasteiger partial charge in [0.2, 0.25) is 5.82 Å². The fourth-order valence-corrected chi connectivity index (χ4v) is 2.22. The standard InChI is InChI=1S/C16H16F3N3O4/c1-9(2)7-22(8-12(23)24)14(25)11-5-3-10(4-6-11)13-20-15(26-21-13)16(17,18)19/h3-6,9H,7-8H2,1-2H3,(H,23,24). The van der Waals surface area contributed by atoms with Crippen LogP contribution in [0.15, 0.2) is 28.8 Å². The number of rotatable bonds is 6. The van der Waals surface area contributed by atoms with Gasteiger partial charge in [-0.25, -0.2) is 0 Å². The molecule has 0 saturated heterocycles. The number of aromatic nitrogens is 2. The molecule has 0 unspecified atom stereocenters. The molecular weight excluding hydrogens is 355 g/mol. The molecule has 0 aliphatic rings. The molecule has 0 spiro atoms. The maximum absolute atomic E-state index is 12.5. The highest BCUT2D eigenvalue weighted by molar-refractivity contribution is 5.96. The number of hydrogen-bond acceptors (Lipinski definition) is 5. The summed E-state index contributed by atoms with van der Waals surface area (Å²) in [7, 11) is 0. The minimum absolute atomic E-state index is 0.0673. The number of carbonyl (C=O) groups excluding carboxylic acids is 1. The van der Waals surface area contributed by atoms with E-state index in [4.69, 9.17) is 5.11 Å². The molecule has 1 amide bonds. The lowest BCUT2D eigenvalue weighted by molar-refractivity contribution is -0.159. The minimum Gasteiger partial charge on any atom is -0.480 e. The van der Waals surface area contributed by atoms with Crippen LogP contribution in [0.25, 0.3) is 11.4 Å². The van der Waals surface area contributed by atoms with Crippen LogP contribution in [0.1, 0.15) is 30.1 Å². The normalized spacial score (nSPS) is 11.6. The smallest absolute Gasteiger partial charge is 0.471 e. The highest BCUT2D eigenvalue weighted by atomic mass is 19.4. The summed E-state index contributed by atoms with van der Waals surface area (Å²) in [5, 5.41) is 12.2. The highest BCUT2D eigenvalue weighted by Gasteiger charge is 2.38. The first-order valence-electron chi connectivity index (χ1n) is 7.60. The van der Waals surface area contributed by atoms with Crippen LogP contribution < -0.4 is 0 Å². The van der Waals surface area contributed by atoms with Gasteiger partial charge in [0.25, 0.3) is 5.91 Å². The van der Waals surface area contributed by atoms with Crippen molar-refractivity contribution in [3.63, 3.8) is 0 Å². The van der Waals surface area contributed by atoms with Crippen LogP contribution in [-0.2, 0) is 11.0 Å². The second kappa shape index (κ2) is 7.54. The van der Waals surface area contributed by atoms with Gasteiger partial charge in [0.1, 0.15) is 6.54 Å². The van der Waals surface area contributed by atoms with Crippen molar-refractivity contribution in [1.82, 2.24) is 15.0 Å². The van der Waals surface area contributed by atoms with E-state index in [9.17, 15) is 22.8 Å². The Balaban J connectivity index is 2.20. The number of carbonyl (C=O) groups is 2. The summed E-state index contributed by atoms with van der Waals surface area (Å²) in [5.41, 5.74) is 0.435. The lowest BCUT2D eigenvalue weighted by atomic mass is 10.1. The Morgan fingerprint density at radius 1 is 1.23 bits per heavy atom. The number of carboxylic acids is 1. The molecule has 1 N–H and O–H groups in total. The van der Waals surface area contributed by atoms with Crippen molar-refractivity contribution in [2.45, 2.75) is 20.0 Å². The monoisotopic (exact) mass is 371 g/mol. The molecule has 2 aromatic rings. The van der Waals surface area contributed by atoms with Gasteiger partial charge in [-0.1, -0.05) is 31.1 Å². The Morgan fingerprint density at radius 2 is 1.85 bits per heavy atom. The van der Waals surface area contributed by atoms with Gasteiger partial charge in [-0.2, -0.15) is 18.2 Å². The van der Waals surface area contributed by atoms with E-state index in [1.165, 1.54) is 29.2 Å². The quantitative estimate of drug-likeness (QED) is 0.839. The molecule has 1 heterocycles. The van der Waals surface area contributed by atoms with Crippen molar-refractivity contribution in [2.24, 2.45) is 5.92 Å². The zero-order valence-electron chi connectivity index (χ0n) is 13.9. The lowest BCUT2D eigenvalue weighted by Crippen LogP contribution is -2.38. The number of benzene rings is 1. The largest absolute Gasteiger partial charge is 0.480 e. The van der Waals surface area contributed by atoms with E-state index in [2.05, 4.69) is 14.7 Å². The van der Waals surface area contributed by atoms with Gasteiger partial charge >= 0.3 is 18.0 Å². The second-order valence-corrected chi connectivity index (χ2v) is 5.97. The fraction of sp³-hybridized carbons (Fsp3) is 0.375. The molecule has 0 saturated carbocycles. The topological polar surface area (TPSA) is 96.5 Å². The average molecular weight is 371 g/mol. The van der Waals surface area contributed by atoms with Crippen molar-refractivity contribution in [3.05, 3.63) is 35.7 Å². The Bertz CT molecular complexity index is 785. The summed E-state index contributed by atoms with van der Waals surface area (Å²) in [6, 6.07) is 5.48. The number of alkyl halides is 3. The van der Waals surface area contributed by atoms with Crippen LogP contribution in [0, 0.1) is 5.92 Å². The van der Waals surface area contributed by atoms with Gasteiger partial charge in [0.15, 0.2) is 0 Å². The van der Waals surface area contributed by atoms with Crippen molar-refractivity contribution in [3.8, 4) is 11.4 Å². The summed E-state index contributed by atoms with van der Waals surface area (Å²) >= 11 is 0. The molecule has 1 aromatic carbocycles. The first-order chi connectivity index (χ1) is 12.1. The number of aliphatic carboxylic acids is 1. The first kappa shape index (κ1) is 19.4. The molecule has 7 nitrogen and oxygen atoms in total. The lowest BCUT2D eigenvalue weighted by Gasteiger charge is -2.22. The Kier molecular flexibility index (Phi) is 5.63. The number of nitrogens with zero attached hydrogens (tertiary/aromatic N) is 3. The third-order valence-corrected chi connectivity index (χ3v) is 3.26. The highest BCUT2D eigenvalue weighted by Crippen LogP contribution is 2.29. The van der Waals surface area contributed by atoms with E-state index in [0.717, 1.165) is 0 Å². The number of halogens is 3. The van der Waals surface area contributed by atoms with Crippen LogP contribution in [0.2, 0.25) is 0 Å². The molecule has 0 bridgehead atoms. The van der Waals surface area contributed by atoms with E-state index in [0.29, 0.717) is 0 Å². The van der Waals surface area contributed by atoms with Gasteiger partial charge in [-0.3, -0.25) is 9.59 Å². The van der Waals surface area contributed by atoms with E-state index < -0.39 is 30.5 Å². The molecule has 10 heteroatoms. The van der Waals surface area contributed by atoms with E-state index in [-0.39, 0.29) is 29.4 Å². The molecule has 140 valence electrons. The maximum Gasteiger partial charge on any atom is 0.471 e. The van der Waals surface area contributed by atoms with Crippen molar-refractivity contribution in [1.29, 1.82) is 0 Å². The summed E-state index contributed by atoms with van der Waals surface area (Å²) in [5.74, 6) is -3.28. The van der Waals surface area contributed by atoms with Gasteiger partial charge in [-0.15, -0.1) is 0 Å². The number of amides is 1. The van der Waals surface area contributed by atoms with Crippen LogP contribution >= 0.6 is 0 Å². The van der Waals surface area contributed by atoms with Gasteiger partial charge in [-0.05, 0) is 18.1 Å². The Morgan fingerprint density at radius 3 is 2.31 bits per heavy atom. The fourth-order valence-electron chi connectivity index (χ4n) is 2.22. The average Bonchev–Trinajstić information content (AvgIpc) is 3.03. The van der Waals surface area contributed by atoms with E-state index in [1.807, 2.05) is 13.8 Å². The third kappa shape index (κ3) is 4.80. The number of carboxylic acid groups (broad SMARTS) is 1. The molecular formula is C16H16F3N3O4. The Labute approximate surface area is 146 Å². The van der Waals surface area contributed by atoms with Crippen LogP contribution in [0.4, 0.5) is 13.2 Å². The maximum atomic E-state index is 12.5. The second-order valence-electron chi connectivity index (χ2n) is 5.97. The summed E-state index contributed by atoms with van der Waals surface area (Å²) < 4.78 is 41.6. The van der Waals surface area contributed by atoms with Crippen molar-refractivity contribution >= 4 is 11.9 Å². The molecule has 1 aromatic heterocycles. The molecule has 0 fully saturated rings. The summed E-state index contributed by atoms with van der Waals surface area (Å²) in [6.07, 6.45) is -4.74. The third-order valence-electron chi connectivity index (χ3n) is 3.26. The molecule has 0 aliphatic heterocycles. The SMILES string of the molecule is CC(C)CN(CC(=O)O)C(=O)c1ccc(-c2noc(C(F)(F)F)n2)cc1. The molecule has 0 atom stereocenters. The summed E-state index contributed by atoms with van der Waals surface area (Å²) in [6.45, 7) is 3.50. The van der Waals surface area contributed by atoms with E-state index >= 15 is 0 Å². The molecule has 2 rings (SSSR count). The summed E-state index contributed by atoms with van der Waals surface area (Å²) in [4.78, 5) is 27.9. The first-order valence-corrected chi connectivity index (χ1v) is 7.60. The molecule has 26 heavy (non-hydrogen) atoms. The van der Waals surface area contributed by atoms with Crippen molar-refractivity contribution in [2.75, 3.05) is 13.1 Å². The van der Waals surface area contributed by atoms with Crippen LogP contribution in [-0.4, -0.2) is 45.1 Å². The van der Waals surface area contributed by atoms with Gasteiger partial charge in [0, 0.05) is 17.7 Å². The predicted molar refractivity (Wildman–Crippen MR) is 83.1 cm³/mol. The Hall–Kier alpha value is -2.91. The van der Waals surface area contributed by atoms with Gasteiger partial charge in [0.05, 0.1) is 0 Å². The predicted octanol–water partition coefficient (Wildman–Crippen LogP) is 2.94. The zero-order chi connectivity index (χ0) is 19.5. The van der Waals surface area contributed by atoms with Gasteiger partial charge < -0.3 is 14.5 Å². The zero-order valence-corrected chi connectivity index (χ0v) is 13.9. The van der Waals surface area contributed by atoms with E-state index in [1.54, 1.807) is 0 Å². The van der Waals surface area contributed by atoms with Crippen LogP contribution in [0.3, 0.4) is 0 Å². The molecule has 0 radical (unpaired) electrons. The minimum atomic E-state index is -4.74. The van der Waals surface area contributed by atoms with Crippen molar-refractivity contribution < 1.29 is 32.4 Å². The van der Waals surface area contributed by atoms with Crippen LogP contribution in [0.5, 0.6) is 0 Å². The number of hydrogen-bond donors (Lipinski definition) is 1.